The summed E-state index contributed by atoms with van der Waals surface area (Å²) in [4.78, 5) is 15.9. The third kappa shape index (κ3) is 3.38. The number of carbonyl (C=O) groups is 1. The topological polar surface area (TPSA) is 63.8 Å². The van der Waals surface area contributed by atoms with Crippen LogP contribution in [0.4, 0.5) is 0 Å². The van der Waals surface area contributed by atoms with Gasteiger partial charge in [-0.15, -0.1) is 11.3 Å². The molecule has 0 atom stereocenters. The molecule has 0 aliphatic carbocycles. The van der Waals surface area contributed by atoms with Gasteiger partial charge in [0.25, 0.3) is 0 Å². The molecule has 24 heavy (non-hydrogen) atoms. The van der Waals surface area contributed by atoms with Crippen LogP contribution in [0, 0.1) is 0 Å². The molecule has 0 spiro atoms. The Morgan fingerprint density at radius 3 is 2.83 bits per heavy atom. The first-order valence-electron chi connectivity index (χ1n) is 7.28. The van der Waals surface area contributed by atoms with Crippen LogP contribution in [0.5, 0.6) is 5.75 Å². The molecule has 1 N–H and O–H groups in total. The van der Waals surface area contributed by atoms with Crippen molar-refractivity contribution >= 4 is 28.3 Å². The van der Waals surface area contributed by atoms with Crippen molar-refractivity contribution in [2.45, 2.75) is 6.92 Å². The van der Waals surface area contributed by atoms with Gasteiger partial charge in [0.05, 0.1) is 17.6 Å². The molecular weight excluding hydrogens is 324 g/mol. The molecule has 0 saturated carbocycles. The highest BCUT2D eigenvalue weighted by Crippen LogP contribution is 2.29. The number of hydrogen-bond acceptors (Lipinski definition) is 4. The molecule has 0 aliphatic rings. The summed E-state index contributed by atoms with van der Waals surface area (Å²) in [5.41, 5.74) is 3.66. The Labute approximate surface area is 143 Å². The summed E-state index contributed by atoms with van der Waals surface area (Å²) in [6.45, 7) is 6.23. The van der Waals surface area contributed by atoms with Crippen molar-refractivity contribution in [1.29, 1.82) is 0 Å². The van der Waals surface area contributed by atoms with Crippen LogP contribution in [0.25, 0.3) is 22.3 Å². The molecule has 0 bridgehead atoms. The number of carboxylic acids is 1. The molecule has 3 rings (SSSR count). The standard InChI is InChI=1S/C18H16N2O3S/c1-12(2)10-23-15-6-3-13(4-7-15)16-11-24-18-19-9-14(20(16)18)5-8-17(21)22/h3-9,11H,1,10H2,2H3,(H,21,22)/b8-5+. The highest BCUT2D eigenvalue weighted by atomic mass is 32.1. The molecule has 1 aromatic carbocycles. The van der Waals surface area contributed by atoms with Crippen molar-refractivity contribution in [2.75, 3.05) is 6.61 Å². The Bertz CT molecular complexity index is 920. The van der Waals surface area contributed by atoms with Crippen molar-refractivity contribution in [3.05, 3.63) is 59.8 Å². The summed E-state index contributed by atoms with van der Waals surface area (Å²) in [5.74, 6) is -0.203. The summed E-state index contributed by atoms with van der Waals surface area (Å²) in [7, 11) is 0. The van der Waals surface area contributed by atoms with Crippen LogP contribution in [-0.2, 0) is 4.79 Å². The first-order chi connectivity index (χ1) is 11.5. The SMILES string of the molecule is C=C(C)COc1ccc(-c2csc3ncc(/C=C/C(=O)O)n23)cc1. The second-order valence-corrected chi connectivity index (χ2v) is 6.20. The van der Waals surface area contributed by atoms with Crippen LogP contribution in [0.15, 0.2) is 54.1 Å². The Hall–Kier alpha value is -2.86. The van der Waals surface area contributed by atoms with Crippen molar-refractivity contribution in [1.82, 2.24) is 9.38 Å². The molecule has 0 fully saturated rings. The first kappa shape index (κ1) is 16.0. The number of aromatic nitrogens is 2. The maximum Gasteiger partial charge on any atom is 0.328 e. The van der Waals surface area contributed by atoms with E-state index in [2.05, 4.69) is 11.6 Å². The van der Waals surface area contributed by atoms with Crippen molar-refractivity contribution in [3.8, 4) is 17.0 Å². The first-order valence-corrected chi connectivity index (χ1v) is 8.16. The van der Waals surface area contributed by atoms with Crippen LogP contribution in [0.2, 0.25) is 0 Å². The van der Waals surface area contributed by atoms with E-state index in [9.17, 15) is 4.79 Å². The van der Waals surface area contributed by atoms with Gasteiger partial charge < -0.3 is 9.84 Å². The molecule has 3 aromatic rings. The Morgan fingerprint density at radius 2 is 2.17 bits per heavy atom. The summed E-state index contributed by atoms with van der Waals surface area (Å²) < 4.78 is 7.55. The van der Waals surface area contributed by atoms with E-state index in [1.54, 1.807) is 12.3 Å². The molecule has 5 nitrogen and oxygen atoms in total. The third-order valence-corrected chi connectivity index (χ3v) is 4.15. The van der Waals surface area contributed by atoms with Crippen LogP contribution < -0.4 is 4.74 Å². The maximum atomic E-state index is 10.7. The Balaban J connectivity index is 1.93. The van der Waals surface area contributed by atoms with E-state index in [4.69, 9.17) is 9.84 Å². The monoisotopic (exact) mass is 340 g/mol. The lowest BCUT2D eigenvalue weighted by atomic mass is 10.1. The Morgan fingerprint density at radius 1 is 1.42 bits per heavy atom. The quantitative estimate of drug-likeness (QED) is 0.542. The number of imidazole rings is 1. The van der Waals surface area contributed by atoms with Gasteiger partial charge in [0.2, 0.25) is 0 Å². The average molecular weight is 340 g/mol. The minimum Gasteiger partial charge on any atom is -0.489 e. The number of fused-ring (bicyclic) bond motifs is 1. The summed E-state index contributed by atoms with van der Waals surface area (Å²) >= 11 is 1.51. The summed E-state index contributed by atoms with van der Waals surface area (Å²) in [5, 5.41) is 10.8. The number of benzene rings is 1. The zero-order chi connectivity index (χ0) is 17.1. The van der Waals surface area contributed by atoms with Crippen LogP contribution >= 0.6 is 11.3 Å². The lowest BCUT2D eigenvalue weighted by Crippen LogP contribution is -1.97. The summed E-state index contributed by atoms with van der Waals surface area (Å²) in [6, 6.07) is 7.76. The van der Waals surface area contributed by atoms with E-state index < -0.39 is 5.97 Å². The fraction of sp³-hybridized carbons (Fsp3) is 0.111. The number of ether oxygens (including phenoxy) is 1. The predicted octanol–water partition coefficient (Wildman–Crippen LogP) is 4.12. The molecule has 2 heterocycles. The van der Waals surface area contributed by atoms with Crippen molar-refractivity contribution in [2.24, 2.45) is 0 Å². The zero-order valence-corrected chi connectivity index (χ0v) is 13.9. The number of aliphatic carboxylic acids is 1. The van der Waals surface area contributed by atoms with Gasteiger partial charge in [-0.05, 0) is 48.4 Å². The zero-order valence-electron chi connectivity index (χ0n) is 13.1. The van der Waals surface area contributed by atoms with Gasteiger partial charge in [0, 0.05) is 11.5 Å². The maximum absolute atomic E-state index is 10.7. The average Bonchev–Trinajstić information content (AvgIpc) is 3.13. The second kappa shape index (κ2) is 6.72. The Kier molecular flexibility index (Phi) is 4.48. The van der Waals surface area contributed by atoms with Crippen LogP contribution in [-0.4, -0.2) is 27.1 Å². The second-order valence-electron chi connectivity index (χ2n) is 5.36. The molecule has 0 unspecified atom stereocenters. The van der Waals surface area contributed by atoms with Gasteiger partial charge in [-0.1, -0.05) is 6.58 Å². The molecule has 0 aliphatic heterocycles. The van der Waals surface area contributed by atoms with Crippen LogP contribution in [0.3, 0.4) is 0 Å². The van der Waals surface area contributed by atoms with E-state index in [0.29, 0.717) is 6.61 Å². The van der Waals surface area contributed by atoms with Gasteiger partial charge >= 0.3 is 5.97 Å². The lowest BCUT2D eigenvalue weighted by Gasteiger charge is -2.07. The molecular formula is C18H16N2O3S. The molecule has 0 amide bonds. The molecule has 6 heteroatoms. The van der Waals surface area contributed by atoms with Gasteiger partial charge in [0.15, 0.2) is 4.96 Å². The number of carboxylic acid groups (broad SMARTS) is 1. The molecule has 122 valence electrons. The fourth-order valence-corrected chi connectivity index (χ4v) is 3.11. The minimum atomic E-state index is -0.985. The highest BCUT2D eigenvalue weighted by molar-refractivity contribution is 7.15. The molecule has 0 saturated heterocycles. The van der Waals surface area contributed by atoms with E-state index in [1.165, 1.54) is 11.3 Å². The highest BCUT2D eigenvalue weighted by Gasteiger charge is 2.10. The van der Waals surface area contributed by atoms with Crippen molar-refractivity contribution < 1.29 is 14.6 Å². The predicted molar refractivity (Wildman–Crippen MR) is 95.5 cm³/mol. The van der Waals surface area contributed by atoms with E-state index in [-0.39, 0.29) is 0 Å². The number of hydrogen-bond donors (Lipinski definition) is 1. The number of nitrogens with zero attached hydrogens (tertiary/aromatic N) is 2. The normalized spacial score (nSPS) is 11.2. The van der Waals surface area contributed by atoms with Gasteiger partial charge in [0.1, 0.15) is 12.4 Å². The van der Waals surface area contributed by atoms with Crippen LogP contribution in [0.1, 0.15) is 12.6 Å². The molecule has 0 radical (unpaired) electrons. The minimum absolute atomic E-state index is 0.494. The lowest BCUT2D eigenvalue weighted by molar-refractivity contribution is -0.131. The largest absolute Gasteiger partial charge is 0.489 e. The smallest absolute Gasteiger partial charge is 0.328 e. The van der Waals surface area contributed by atoms with Gasteiger partial charge in [-0.3, -0.25) is 4.40 Å². The number of thiazole rings is 1. The fourth-order valence-electron chi connectivity index (χ4n) is 2.23. The van der Waals surface area contributed by atoms with E-state index >= 15 is 0 Å². The van der Waals surface area contributed by atoms with Gasteiger partial charge in [-0.25, -0.2) is 9.78 Å². The van der Waals surface area contributed by atoms with E-state index in [1.807, 2.05) is 41.0 Å². The van der Waals surface area contributed by atoms with E-state index in [0.717, 1.165) is 39.3 Å². The van der Waals surface area contributed by atoms with Crippen molar-refractivity contribution in [3.63, 3.8) is 0 Å². The summed E-state index contributed by atoms with van der Waals surface area (Å²) in [6.07, 6.45) is 4.32. The molecule has 2 aromatic heterocycles. The van der Waals surface area contributed by atoms with Gasteiger partial charge in [-0.2, -0.15) is 0 Å². The number of rotatable bonds is 6. The third-order valence-electron chi connectivity index (χ3n) is 3.31.